The lowest BCUT2D eigenvalue weighted by Gasteiger charge is -2.07. The van der Waals surface area contributed by atoms with Crippen LogP contribution < -0.4 is 10.6 Å². The molecule has 128 valence electrons. The molecule has 0 aliphatic heterocycles. The second-order valence-corrected chi connectivity index (χ2v) is 5.78. The molecule has 0 saturated heterocycles. The Morgan fingerprint density at radius 2 is 1.69 bits per heavy atom. The lowest BCUT2D eigenvalue weighted by molar-refractivity contribution is 0.0950. The van der Waals surface area contributed by atoms with Crippen LogP contribution in [0.5, 0.6) is 0 Å². The third kappa shape index (κ3) is 4.42. The minimum Gasteiger partial charge on any atom is -0.348 e. The van der Waals surface area contributed by atoms with Gasteiger partial charge in [0.25, 0.3) is 5.91 Å². The normalized spacial score (nSPS) is 10.0. The molecule has 0 spiro atoms. The average Bonchev–Trinajstić information content (AvgIpc) is 2.68. The highest BCUT2D eigenvalue weighted by Gasteiger charge is 2.07. The predicted octanol–water partition coefficient (Wildman–Crippen LogP) is 3.33. The highest BCUT2D eigenvalue weighted by molar-refractivity contribution is 5.93. The number of aryl methyl sites for hydroxylation is 1. The molecular formula is C20H17N5O. The van der Waals surface area contributed by atoms with Crippen molar-refractivity contribution in [1.29, 1.82) is 5.26 Å². The van der Waals surface area contributed by atoms with E-state index in [0.29, 0.717) is 23.6 Å². The Morgan fingerprint density at radius 3 is 2.31 bits per heavy atom. The van der Waals surface area contributed by atoms with Crippen molar-refractivity contribution in [3.05, 3.63) is 83.2 Å². The van der Waals surface area contributed by atoms with Gasteiger partial charge < -0.3 is 10.6 Å². The van der Waals surface area contributed by atoms with Gasteiger partial charge in [0.15, 0.2) is 0 Å². The topological polar surface area (TPSA) is 90.7 Å². The number of nitrogens with one attached hydrogen (secondary N) is 2. The molecule has 6 heteroatoms. The van der Waals surface area contributed by atoms with E-state index in [0.717, 1.165) is 11.3 Å². The zero-order valence-corrected chi connectivity index (χ0v) is 14.2. The van der Waals surface area contributed by atoms with E-state index in [4.69, 9.17) is 5.26 Å². The second-order valence-electron chi connectivity index (χ2n) is 5.78. The van der Waals surface area contributed by atoms with E-state index in [1.54, 1.807) is 24.3 Å². The number of rotatable bonds is 5. The zero-order chi connectivity index (χ0) is 18.4. The van der Waals surface area contributed by atoms with Crippen molar-refractivity contribution in [2.75, 3.05) is 5.32 Å². The van der Waals surface area contributed by atoms with Crippen molar-refractivity contribution >= 4 is 17.5 Å². The third-order valence-corrected chi connectivity index (χ3v) is 3.76. The summed E-state index contributed by atoms with van der Waals surface area (Å²) in [5.41, 5.74) is 3.95. The number of hydrogen-bond acceptors (Lipinski definition) is 5. The van der Waals surface area contributed by atoms with Gasteiger partial charge in [-0.05, 0) is 36.8 Å². The summed E-state index contributed by atoms with van der Waals surface area (Å²) in [6.07, 6.45) is 2.95. The van der Waals surface area contributed by atoms with Crippen molar-refractivity contribution < 1.29 is 4.79 Å². The Hall–Kier alpha value is -3.72. The van der Waals surface area contributed by atoms with Crippen molar-refractivity contribution in [3.63, 3.8) is 0 Å². The Labute approximate surface area is 151 Å². The van der Waals surface area contributed by atoms with Crippen LogP contribution in [0.2, 0.25) is 0 Å². The highest BCUT2D eigenvalue weighted by Crippen LogP contribution is 2.13. The number of nitriles is 1. The number of benzene rings is 2. The monoisotopic (exact) mass is 343 g/mol. The van der Waals surface area contributed by atoms with E-state index in [-0.39, 0.29) is 5.91 Å². The van der Waals surface area contributed by atoms with Crippen LogP contribution in [-0.4, -0.2) is 15.9 Å². The van der Waals surface area contributed by atoms with Crippen LogP contribution in [0.1, 0.15) is 27.0 Å². The van der Waals surface area contributed by atoms with Crippen molar-refractivity contribution in [3.8, 4) is 6.07 Å². The molecule has 2 N–H and O–H groups in total. The van der Waals surface area contributed by atoms with Gasteiger partial charge in [0.05, 0.1) is 17.2 Å². The molecule has 0 radical (unpaired) electrons. The van der Waals surface area contributed by atoms with Gasteiger partial charge >= 0.3 is 0 Å². The number of nitrogens with zero attached hydrogens (tertiary/aromatic N) is 3. The first-order chi connectivity index (χ1) is 12.6. The lowest BCUT2D eigenvalue weighted by Crippen LogP contribution is -2.23. The summed E-state index contributed by atoms with van der Waals surface area (Å²) >= 11 is 0. The molecule has 0 bridgehead atoms. The fourth-order valence-electron chi connectivity index (χ4n) is 2.26. The third-order valence-electron chi connectivity index (χ3n) is 3.76. The molecule has 3 rings (SSSR count). The predicted molar refractivity (Wildman–Crippen MR) is 98.8 cm³/mol. The van der Waals surface area contributed by atoms with Crippen molar-refractivity contribution in [2.45, 2.75) is 13.5 Å². The SMILES string of the molecule is Cc1ccc(CNC(=O)c2cnc(Nc3ccc(C#N)cc3)nc2)cc1. The molecule has 26 heavy (non-hydrogen) atoms. The standard InChI is InChI=1S/C20H17N5O/c1-14-2-4-16(5-3-14)11-22-19(26)17-12-23-20(24-13-17)25-18-8-6-15(10-21)7-9-18/h2-9,12-13H,11H2,1H3,(H,22,26)(H,23,24,25). The molecular weight excluding hydrogens is 326 g/mol. The number of anilines is 2. The van der Waals surface area contributed by atoms with Crippen LogP contribution in [0.3, 0.4) is 0 Å². The summed E-state index contributed by atoms with van der Waals surface area (Å²) < 4.78 is 0. The first-order valence-electron chi connectivity index (χ1n) is 8.07. The van der Waals surface area contributed by atoms with Crippen LogP contribution in [0.25, 0.3) is 0 Å². The van der Waals surface area contributed by atoms with Gasteiger partial charge in [-0.25, -0.2) is 9.97 Å². The smallest absolute Gasteiger partial charge is 0.254 e. The maximum atomic E-state index is 12.2. The fraction of sp³-hybridized carbons (Fsp3) is 0.100. The number of aromatic nitrogens is 2. The Bertz CT molecular complexity index is 926. The molecule has 0 atom stereocenters. The van der Waals surface area contributed by atoms with Crippen molar-refractivity contribution in [2.24, 2.45) is 0 Å². The van der Waals surface area contributed by atoms with E-state index < -0.39 is 0 Å². The number of carbonyl (C=O) groups is 1. The quantitative estimate of drug-likeness (QED) is 0.741. The molecule has 1 aromatic heterocycles. The Balaban J connectivity index is 1.58. The number of carbonyl (C=O) groups excluding carboxylic acids is 1. The van der Waals surface area contributed by atoms with Gasteiger partial charge in [-0.15, -0.1) is 0 Å². The van der Waals surface area contributed by atoms with Gasteiger partial charge in [0.2, 0.25) is 5.95 Å². The van der Waals surface area contributed by atoms with Crippen LogP contribution in [0, 0.1) is 18.3 Å². The van der Waals surface area contributed by atoms with Gasteiger partial charge in [-0.3, -0.25) is 4.79 Å². The molecule has 0 aliphatic rings. The van der Waals surface area contributed by atoms with E-state index in [9.17, 15) is 4.79 Å². The summed E-state index contributed by atoms with van der Waals surface area (Å²) in [5, 5.41) is 14.7. The summed E-state index contributed by atoms with van der Waals surface area (Å²) in [6.45, 7) is 2.47. The van der Waals surface area contributed by atoms with Crippen molar-refractivity contribution in [1.82, 2.24) is 15.3 Å². The van der Waals surface area contributed by atoms with Crippen LogP contribution >= 0.6 is 0 Å². The number of hydrogen-bond donors (Lipinski definition) is 2. The molecule has 2 aromatic carbocycles. The van der Waals surface area contributed by atoms with Crippen LogP contribution in [0.4, 0.5) is 11.6 Å². The second kappa shape index (κ2) is 7.90. The number of amides is 1. The molecule has 1 amide bonds. The van der Waals surface area contributed by atoms with E-state index in [2.05, 4.69) is 26.7 Å². The fourth-order valence-corrected chi connectivity index (χ4v) is 2.26. The summed E-state index contributed by atoms with van der Waals surface area (Å²) in [7, 11) is 0. The Morgan fingerprint density at radius 1 is 1.04 bits per heavy atom. The zero-order valence-electron chi connectivity index (χ0n) is 14.2. The molecule has 6 nitrogen and oxygen atoms in total. The van der Waals surface area contributed by atoms with Gasteiger partial charge in [0, 0.05) is 24.6 Å². The van der Waals surface area contributed by atoms with E-state index in [1.165, 1.54) is 18.0 Å². The van der Waals surface area contributed by atoms with Crippen LogP contribution in [-0.2, 0) is 6.54 Å². The first kappa shape index (κ1) is 17.1. The van der Waals surface area contributed by atoms with E-state index in [1.807, 2.05) is 31.2 Å². The minimum absolute atomic E-state index is 0.226. The van der Waals surface area contributed by atoms with Crippen LogP contribution in [0.15, 0.2) is 60.9 Å². The molecule has 0 saturated carbocycles. The summed E-state index contributed by atoms with van der Waals surface area (Å²) in [5.74, 6) is 0.153. The first-order valence-corrected chi connectivity index (χ1v) is 8.07. The highest BCUT2D eigenvalue weighted by atomic mass is 16.1. The maximum absolute atomic E-state index is 12.2. The molecule has 3 aromatic rings. The molecule has 0 aliphatic carbocycles. The summed E-state index contributed by atoms with van der Waals surface area (Å²) in [4.78, 5) is 20.5. The molecule has 0 unspecified atom stereocenters. The summed E-state index contributed by atoms with van der Waals surface area (Å²) in [6, 6.07) is 17.0. The average molecular weight is 343 g/mol. The minimum atomic E-state index is -0.226. The van der Waals surface area contributed by atoms with E-state index >= 15 is 0 Å². The van der Waals surface area contributed by atoms with Gasteiger partial charge in [-0.2, -0.15) is 5.26 Å². The Kier molecular flexibility index (Phi) is 5.20. The largest absolute Gasteiger partial charge is 0.348 e. The molecule has 0 fully saturated rings. The van der Waals surface area contributed by atoms with Gasteiger partial charge in [0.1, 0.15) is 0 Å². The molecule has 1 heterocycles. The lowest BCUT2D eigenvalue weighted by atomic mass is 10.1. The maximum Gasteiger partial charge on any atom is 0.254 e. The van der Waals surface area contributed by atoms with Gasteiger partial charge in [-0.1, -0.05) is 29.8 Å².